The van der Waals surface area contributed by atoms with Crippen LogP contribution in [0, 0.1) is 0 Å². The van der Waals surface area contributed by atoms with Crippen LogP contribution in [-0.4, -0.2) is 99.0 Å². The van der Waals surface area contributed by atoms with Crippen LogP contribution < -0.4 is 41.2 Å². The van der Waals surface area contributed by atoms with Gasteiger partial charge < -0.3 is 52.7 Å². The van der Waals surface area contributed by atoms with Gasteiger partial charge in [0.1, 0.15) is 35.2 Å². The molecule has 0 aromatic heterocycles. The molecule has 3 aliphatic rings. The second kappa shape index (κ2) is 24.8. The van der Waals surface area contributed by atoms with Gasteiger partial charge in [-0.05, 0) is 83.5 Å². The van der Waals surface area contributed by atoms with E-state index in [4.69, 9.17) is 37.6 Å². The molecule has 2 amide bonds. The Morgan fingerprint density at radius 2 is 1.03 bits per heavy atom. The number of rotatable bonds is 9. The number of carbonyl (C=O) groups is 2. The minimum atomic E-state index is -0.984. The maximum atomic E-state index is 11.8. The summed E-state index contributed by atoms with van der Waals surface area (Å²) >= 11 is 0. The Labute approximate surface area is 357 Å². The molecule has 0 saturated heterocycles. The SMILES string of the molecule is C.C.C.CC(C)(C)OC(=O)NCOc1cccc2c1B(O)OC2.CN(COc1cccc2c1B(O)OC2)C(=O)OC(C)(C)C.CNCOc1cccc2c1B(O)OC2.Cl. The molecule has 3 aromatic carbocycles. The van der Waals surface area contributed by atoms with Crippen molar-refractivity contribution in [2.75, 3.05) is 34.3 Å². The van der Waals surface area contributed by atoms with Crippen LogP contribution in [0.15, 0.2) is 54.6 Å². The number of halogens is 1. The number of ether oxygens (including phenoxy) is 5. The molecular weight excluding hydrogens is 786 g/mol. The Hall–Kier alpha value is -4.20. The number of nitrogens with one attached hydrogen (secondary N) is 2. The zero-order chi connectivity index (χ0) is 40.3. The maximum absolute atomic E-state index is 11.8. The molecule has 16 nitrogen and oxygen atoms in total. The van der Waals surface area contributed by atoms with Crippen LogP contribution in [0.2, 0.25) is 0 Å². The summed E-state index contributed by atoms with van der Waals surface area (Å²) in [5.41, 5.74) is 3.64. The first-order chi connectivity index (χ1) is 26.0. The van der Waals surface area contributed by atoms with Crippen molar-refractivity contribution >= 4 is 62.3 Å². The lowest BCUT2D eigenvalue weighted by Crippen LogP contribution is -2.37. The summed E-state index contributed by atoms with van der Waals surface area (Å²) in [6.45, 7) is 12.3. The smallest absolute Gasteiger partial charge is 0.479 e. The van der Waals surface area contributed by atoms with E-state index in [-0.39, 0.29) is 48.1 Å². The van der Waals surface area contributed by atoms with Crippen molar-refractivity contribution in [2.24, 2.45) is 0 Å². The van der Waals surface area contributed by atoms with Gasteiger partial charge in [0.25, 0.3) is 0 Å². The predicted molar refractivity (Wildman–Crippen MR) is 233 cm³/mol. The van der Waals surface area contributed by atoms with E-state index in [1.165, 1.54) is 4.90 Å². The highest BCUT2D eigenvalue weighted by Crippen LogP contribution is 2.20. The fraction of sp³-hybridized carbons (Fsp3) is 0.487. The summed E-state index contributed by atoms with van der Waals surface area (Å²) in [6, 6.07) is 16.5. The van der Waals surface area contributed by atoms with Crippen molar-refractivity contribution in [2.45, 2.75) is 94.8 Å². The molecule has 59 heavy (non-hydrogen) atoms. The summed E-state index contributed by atoms with van der Waals surface area (Å²) in [5, 5.41) is 34.4. The Bertz CT molecular complexity index is 1770. The molecule has 0 spiro atoms. The topological polar surface area (TPSA) is 196 Å². The quantitative estimate of drug-likeness (QED) is 0.155. The van der Waals surface area contributed by atoms with Gasteiger partial charge in [0, 0.05) is 23.4 Å². The zero-order valence-corrected chi connectivity index (χ0v) is 33.8. The Morgan fingerprint density at radius 1 is 0.661 bits per heavy atom. The van der Waals surface area contributed by atoms with Crippen LogP contribution in [0.5, 0.6) is 17.2 Å². The van der Waals surface area contributed by atoms with Crippen LogP contribution in [-0.2, 0) is 43.3 Å². The molecule has 20 heteroatoms. The summed E-state index contributed by atoms with van der Waals surface area (Å²) in [5.74, 6) is 1.68. The van der Waals surface area contributed by atoms with Crippen molar-refractivity contribution in [3.05, 3.63) is 71.3 Å². The van der Waals surface area contributed by atoms with E-state index in [1.54, 1.807) is 67.8 Å². The highest BCUT2D eigenvalue weighted by molar-refractivity contribution is 6.63. The first-order valence-corrected chi connectivity index (χ1v) is 17.7. The normalized spacial score (nSPS) is 13.0. The van der Waals surface area contributed by atoms with Gasteiger partial charge in [-0.25, -0.2) is 9.59 Å². The Kier molecular flexibility index (Phi) is 23.0. The van der Waals surface area contributed by atoms with Crippen molar-refractivity contribution in [1.29, 1.82) is 0 Å². The third kappa shape index (κ3) is 16.4. The number of benzene rings is 3. The van der Waals surface area contributed by atoms with Gasteiger partial charge in [-0.3, -0.25) is 15.5 Å². The van der Waals surface area contributed by atoms with Crippen LogP contribution in [0.1, 0.15) is 80.5 Å². The Morgan fingerprint density at radius 3 is 1.41 bits per heavy atom. The molecule has 328 valence electrons. The fourth-order valence-electron chi connectivity index (χ4n) is 5.32. The molecule has 0 saturated carbocycles. The maximum Gasteiger partial charge on any atom is 0.495 e. The van der Waals surface area contributed by atoms with Crippen LogP contribution in [0.25, 0.3) is 0 Å². The average molecular weight is 850 g/mol. The average Bonchev–Trinajstić information content (AvgIpc) is 3.82. The lowest BCUT2D eigenvalue weighted by Gasteiger charge is -2.24. The van der Waals surface area contributed by atoms with Crippen LogP contribution in [0.4, 0.5) is 9.59 Å². The molecule has 0 unspecified atom stereocenters. The number of nitrogens with zero attached hydrogens (tertiary/aromatic N) is 1. The van der Waals surface area contributed by atoms with E-state index in [9.17, 15) is 24.7 Å². The second-order valence-corrected chi connectivity index (χ2v) is 14.5. The molecule has 5 N–H and O–H groups in total. The predicted octanol–water partition coefficient (Wildman–Crippen LogP) is 3.66. The number of amides is 2. The Balaban J connectivity index is 0.000000841. The van der Waals surface area contributed by atoms with E-state index >= 15 is 0 Å². The number of carbonyl (C=O) groups excluding carboxylic acids is 2. The fourth-order valence-corrected chi connectivity index (χ4v) is 5.32. The number of fused-ring (bicyclic) bond motifs is 3. The van der Waals surface area contributed by atoms with Gasteiger partial charge >= 0.3 is 33.5 Å². The van der Waals surface area contributed by atoms with Crippen LogP contribution >= 0.6 is 12.4 Å². The third-order valence-electron chi connectivity index (χ3n) is 7.73. The minimum Gasteiger partial charge on any atom is -0.479 e. The largest absolute Gasteiger partial charge is 0.495 e. The second-order valence-electron chi connectivity index (χ2n) is 14.5. The van der Waals surface area contributed by atoms with E-state index in [1.807, 2.05) is 42.5 Å². The van der Waals surface area contributed by atoms with E-state index in [2.05, 4.69) is 10.6 Å². The van der Waals surface area contributed by atoms with Gasteiger partial charge in [-0.2, -0.15) is 0 Å². The summed E-state index contributed by atoms with van der Waals surface area (Å²) in [4.78, 5) is 24.6. The van der Waals surface area contributed by atoms with Crippen molar-refractivity contribution in [1.82, 2.24) is 15.5 Å². The monoisotopic (exact) mass is 849 g/mol. The molecule has 0 aliphatic carbocycles. The molecular formula is C39H63B3ClN3O13. The van der Waals surface area contributed by atoms with Crippen LogP contribution in [0.3, 0.4) is 0 Å². The van der Waals surface area contributed by atoms with Crippen molar-refractivity contribution < 1.29 is 62.3 Å². The standard InChI is InChI=1S/C14H20BNO5.C13H18BNO5.C9H12BNO3.3CH4.ClH/c1-14(2,3)21-13(17)16(4)9-19-11-7-5-6-10-8-20-15(18)12(10)11;1-13(2,3)20-12(16)15-8-18-10-6-4-5-9-7-19-14(17)11(9)10;1-11-6-13-8-4-2-3-7-5-14-10(12)9(7)8;;;;/h5-7,18H,8-9H2,1-4H3;4-6,17H,7-8H2,1-3H3,(H,15,16);2-4,11-12H,5-6H2,1H3;3*1H4;1H. The summed E-state index contributed by atoms with van der Waals surface area (Å²) in [7, 11) is 0.573. The molecule has 3 heterocycles. The first kappa shape index (κ1) is 54.8. The molecule has 3 aliphatic heterocycles. The highest BCUT2D eigenvalue weighted by Gasteiger charge is 2.33. The lowest BCUT2D eigenvalue weighted by molar-refractivity contribution is 0.0169. The molecule has 0 bridgehead atoms. The molecule has 6 rings (SSSR count). The van der Waals surface area contributed by atoms with E-state index < -0.39 is 44.7 Å². The van der Waals surface area contributed by atoms with Gasteiger partial charge in [-0.1, -0.05) is 58.7 Å². The number of alkyl carbamates (subject to hydrolysis) is 1. The molecule has 3 aromatic rings. The van der Waals surface area contributed by atoms with Crippen molar-refractivity contribution in [3.8, 4) is 17.2 Å². The third-order valence-corrected chi connectivity index (χ3v) is 7.73. The van der Waals surface area contributed by atoms with Gasteiger partial charge in [-0.15, -0.1) is 12.4 Å². The molecule has 0 fully saturated rings. The van der Waals surface area contributed by atoms with Gasteiger partial charge in [0.15, 0.2) is 13.5 Å². The lowest BCUT2D eigenvalue weighted by atomic mass is 9.79. The zero-order valence-electron chi connectivity index (χ0n) is 33.0. The highest BCUT2D eigenvalue weighted by atomic mass is 35.5. The van der Waals surface area contributed by atoms with E-state index in [0.717, 1.165) is 22.2 Å². The molecule has 0 atom stereocenters. The minimum absolute atomic E-state index is 0. The summed E-state index contributed by atoms with van der Waals surface area (Å²) < 4.78 is 42.2. The summed E-state index contributed by atoms with van der Waals surface area (Å²) in [6.07, 6.45) is -1.02. The number of hydrogen-bond donors (Lipinski definition) is 5. The van der Waals surface area contributed by atoms with Crippen molar-refractivity contribution in [3.63, 3.8) is 0 Å². The number of hydrogen-bond acceptors (Lipinski definition) is 14. The van der Waals surface area contributed by atoms with E-state index in [0.29, 0.717) is 54.7 Å². The van der Waals surface area contributed by atoms with Gasteiger partial charge in [0.05, 0.1) is 19.8 Å². The molecule has 0 radical (unpaired) electrons. The first-order valence-electron chi connectivity index (χ1n) is 17.7. The van der Waals surface area contributed by atoms with Gasteiger partial charge in [0.2, 0.25) is 0 Å².